The van der Waals surface area contributed by atoms with Gasteiger partial charge in [-0.1, -0.05) is 25.1 Å². The third-order valence-electron chi connectivity index (χ3n) is 4.51. The number of benzene rings is 1. The molecule has 0 N–H and O–H groups in total. The Hall–Kier alpha value is -2.15. The first-order valence-corrected chi connectivity index (χ1v) is 9.67. The highest BCUT2D eigenvalue weighted by molar-refractivity contribution is 7.92. The Balaban J connectivity index is 1.81. The van der Waals surface area contributed by atoms with Crippen molar-refractivity contribution < 1.29 is 17.6 Å². The summed E-state index contributed by atoms with van der Waals surface area (Å²) in [5.41, 5.74) is -0.237. The van der Waals surface area contributed by atoms with Crippen LogP contribution in [0.5, 0.6) is 0 Å². The minimum absolute atomic E-state index is 0.00880. The van der Waals surface area contributed by atoms with Crippen molar-refractivity contribution in [2.24, 2.45) is 0 Å². The van der Waals surface area contributed by atoms with Crippen LogP contribution in [0, 0.1) is 0 Å². The smallest absolute Gasteiger partial charge is 0.349 e. The fourth-order valence-corrected chi connectivity index (χ4v) is 4.44. The van der Waals surface area contributed by atoms with Crippen molar-refractivity contribution in [2.75, 3.05) is 18.8 Å². The van der Waals surface area contributed by atoms with Gasteiger partial charge in [0.15, 0.2) is 9.84 Å². The minimum Gasteiger partial charge on any atom is -0.422 e. The molecule has 0 aliphatic carbocycles. The number of rotatable bonds is 3. The van der Waals surface area contributed by atoms with Crippen LogP contribution < -0.4 is 5.63 Å². The lowest BCUT2D eigenvalue weighted by Gasteiger charge is -2.31. The van der Waals surface area contributed by atoms with Gasteiger partial charge in [0.1, 0.15) is 11.1 Å². The van der Waals surface area contributed by atoms with Crippen LogP contribution in [0.4, 0.5) is 0 Å². The molecule has 1 aliphatic heterocycles. The van der Waals surface area contributed by atoms with Crippen LogP contribution >= 0.6 is 0 Å². The number of hydrogen-bond acceptors (Lipinski definition) is 5. The molecule has 1 fully saturated rings. The predicted octanol–water partition coefficient (Wildman–Crippen LogP) is 1.83. The molecule has 3 rings (SSSR count). The van der Waals surface area contributed by atoms with Gasteiger partial charge in [0.25, 0.3) is 5.91 Å². The zero-order chi connectivity index (χ0) is 17.3. The molecule has 1 aromatic carbocycles. The van der Waals surface area contributed by atoms with E-state index in [0.29, 0.717) is 36.9 Å². The van der Waals surface area contributed by atoms with Crippen LogP contribution in [0.1, 0.15) is 30.1 Å². The Bertz CT molecular complexity index is 923. The Morgan fingerprint density at radius 1 is 1.25 bits per heavy atom. The van der Waals surface area contributed by atoms with Crippen molar-refractivity contribution in [2.45, 2.75) is 25.0 Å². The van der Waals surface area contributed by atoms with Crippen molar-refractivity contribution >= 4 is 26.7 Å². The van der Waals surface area contributed by atoms with E-state index >= 15 is 0 Å². The third-order valence-corrected chi connectivity index (χ3v) is 6.80. The van der Waals surface area contributed by atoms with Gasteiger partial charge in [-0.15, -0.1) is 0 Å². The van der Waals surface area contributed by atoms with Crippen LogP contribution in [0.25, 0.3) is 11.0 Å². The molecule has 128 valence electrons. The Kier molecular flexibility index (Phi) is 4.45. The van der Waals surface area contributed by atoms with Crippen molar-refractivity contribution in [3.05, 3.63) is 46.3 Å². The topological polar surface area (TPSA) is 84.7 Å². The molecular weight excluding hydrogens is 330 g/mol. The molecule has 0 saturated carbocycles. The molecule has 0 bridgehead atoms. The van der Waals surface area contributed by atoms with Gasteiger partial charge in [0, 0.05) is 24.2 Å². The summed E-state index contributed by atoms with van der Waals surface area (Å²) in [5, 5.41) is 0.281. The summed E-state index contributed by atoms with van der Waals surface area (Å²) in [5.74, 6) is -0.290. The molecule has 24 heavy (non-hydrogen) atoms. The summed E-state index contributed by atoms with van der Waals surface area (Å²) < 4.78 is 29.1. The summed E-state index contributed by atoms with van der Waals surface area (Å²) in [4.78, 5) is 26.2. The number of hydrogen-bond donors (Lipinski definition) is 0. The Morgan fingerprint density at radius 3 is 2.58 bits per heavy atom. The highest BCUT2D eigenvalue weighted by Crippen LogP contribution is 2.20. The number of para-hydroxylation sites is 1. The minimum atomic E-state index is -3.09. The zero-order valence-corrected chi connectivity index (χ0v) is 14.2. The van der Waals surface area contributed by atoms with Crippen molar-refractivity contribution in [3.63, 3.8) is 0 Å². The molecule has 0 radical (unpaired) electrons. The summed E-state index contributed by atoms with van der Waals surface area (Å²) in [7, 11) is -3.09. The molecule has 0 spiro atoms. The largest absolute Gasteiger partial charge is 0.422 e. The molecule has 2 heterocycles. The monoisotopic (exact) mass is 349 g/mol. The normalized spacial score (nSPS) is 16.5. The van der Waals surface area contributed by atoms with Gasteiger partial charge in [-0.2, -0.15) is 0 Å². The van der Waals surface area contributed by atoms with Crippen molar-refractivity contribution in [1.29, 1.82) is 0 Å². The van der Waals surface area contributed by atoms with Crippen LogP contribution in [-0.4, -0.2) is 43.3 Å². The standard InChI is InChI=1S/C17H19NO5S/c1-2-24(21,22)13-7-9-18(10-8-13)16(19)14-11-12-5-3-4-6-15(12)23-17(14)20/h3-6,11,13H,2,7-10H2,1H3. The predicted molar refractivity (Wildman–Crippen MR) is 90.9 cm³/mol. The maximum atomic E-state index is 12.6. The molecule has 0 unspecified atom stereocenters. The first-order valence-electron chi connectivity index (χ1n) is 7.96. The average molecular weight is 349 g/mol. The Labute approximate surface area is 140 Å². The third kappa shape index (κ3) is 3.08. The number of piperidine rings is 1. The molecular formula is C17H19NO5S. The van der Waals surface area contributed by atoms with Gasteiger partial charge in [0.2, 0.25) is 0 Å². The quantitative estimate of drug-likeness (QED) is 0.789. The maximum absolute atomic E-state index is 12.6. The van der Waals surface area contributed by atoms with Crippen LogP contribution in [0.15, 0.2) is 39.5 Å². The van der Waals surface area contributed by atoms with E-state index in [1.165, 1.54) is 4.90 Å². The number of nitrogens with zero attached hydrogens (tertiary/aromatic N) is 1. The number of carbonyl (C=O) groups is 1. The van der Waals surface area contributed by atoms with E-state index in [2.05, 4.69) is 0 Å². The number of likely N-dealkylation sites (tertiary alicyclic amines) is 1. The second-order valence-corrected chi connectivity index (χ2v) is 8.50. The van der Waals surface area contributed by atoms with E-state index in [9.17, 15) is 18.0 Å². The highest BCUT2D eigenvalue weighted by Gasteiger charge is 2.31. The van der Waals surface area contributed by atoms with Gasteiger partial charge < -0.3 is 9.32 Å². The molecule has 7 heteroatoms. The lowest BCUT2D eigenvalue weighted by molar-refractivity contribution is 0.0721. The van der Waals surface area contributed by atoms with Gasteiger partial charge >= 0.3 is 5.63 Å². The lowest BCUT2D eigenvalue weighted by atomic mass is 10.1. The fraction of sp³-hybridized carbons (Fsp3) is 0.412. The van der Waals surface area contributed by atoms with E-state index in [0.717, 1.165) is 0 Å². The molecule has 2 aromatic rings. The zero-order valence-electron chi connectivity index (χ0n) is 13.4. The van der Waals surface area contributed by atoms with E-state index in [1.54, 1.807) is 37.3 Å². The number of carbonyl (C=O) groups excluding carboxylic acids is 1. The van der Waals surface area contributed by atoms with E-state index in [-0.39, 0.29) is 11.3 Å². The SMILES string of the molecule is CCS(=O)(=O)C1CCN(C(=O)c2cc3ccccc3oc2=O)CC1. The average Bonchev–Trinajstić information content (AvgIpc) is 2.60. The number of sulfone groups is 1. The van der Waals surface area contributed by atoms with Crippen LogP contribution in [-0.2, 0) is 9.84 Å². The first-order chi connectivity index (χ1) is 11.4. The summed E-state index contributed by atoms with van der Waals surface area (Å²) >= 11 is 0. The second kappa shape index (κ2) is 6.39. The van der Waals surface area contributed by atoms with Crippen molar-refractivity contribution in [3.8, 4) is 0 Å². The molecule has 1 aliphatic rings. The van der Waals surface area contributed by atoms with Gasteiger partial charge in [-0.3, -0.25) is 4.79 Å². The number of amides is 1. The van der Waals surface area contributed by atoms with Gasteiger partial charge in [0.05, 0.1) is 5.25 Å². The lowest BCUT2D eigenvalue weighted by Crippen LogP contribution is -2.43. The maximum Gasteiger partial charge on any atom is 0.349 e. The van der Waals surface area contributed by atoms with Crippen LogP contribution in [0.3, 0.4) is 0 Å². The second-order valence-electron chi connectivity index (χ2n) is 5.93. The molecule has 1 amide bonds. The summed E-state index contributed by atoms with van der Waals surface area (Å²) in [6.07, 6.45) is 0.807. The molecule has 6 nitrogen and oxygen atoms in total. The van der Waals surface area contributed by atoms with E-state index in [4.69, 9.17) is 4.42 Å². The van der Waals surface area contributed by atoms with Gasteiger partial charge in [-0.05, 0) is 25.0 Å². The van der Waals surface area contributed by atoms with Crippen LogP contribution in [0.2, 0.25) is 0 Å². The van der Waals surface area contributed by atoms with Crippen molar-refractivity contribution in [1.82, 2.24) is 4.90 Å². The number of fused-ring (bicyclic) bond motifs is 1. The summed E-state index contributed by atoms with van der Waals surface area (Å²) in [6, 6.07) is 8.54. The summed E-state index contributed by atoms with van der Waals surface area (Å²) in [6.45, 7) is 2.29. The molecule has 1 aromatic heterocycles. The Morgan fingerprint density at radius 2 is 1.92 bits per heavy atom. The highest BCUT2D eigenvalue weighted by atomic mass is 32.2. The van der Waals surface area contributed by atoms with Gasteiger partial charge in [-0.25, -0.2) is 13.2 Å². The van der Waals surface area contributed by atoms with E-state index in [1.807, 2.05) is 0 Å². The van der Waals surface area contributed by atoms with E-state index < -0.39 is 26.6 Å². The first kappa shape index (κ1) is 16.7. The molecule has 0 atom stereocenters. The molecule has 1 saturated heterocycles. The fourth-order valence-electron chi connectivity index (χ4n) is 3.04.